The maximum atomic E-state index is 12.3. The van der Waals surface area contributed by atoms with Crippen LogP contribution in [0.15, 0.2) is 6.07 Å². The third kappa shape index (κ3) is 3.08. The van der Waals surface area contributed by atoms with Gasteiger partial charge in [0.1, 0.15) is 0 Å². The van der Waals surface area contributed by atoms with Crippen LogP contribution in [0.2, 0.25) is 10.3 Å². The first-order valence-corrected chi connectivity index (χ1v) is 7.52. The van der Waals surface area contributed by atoms with E-state index in [0.29, 0.717) is 10.8 Å². The predicted molar refractivity (Wildman–Crippen MR) is 74.5 cm³/mol. The molecule has 1 atom stereocenters. The van der Waals surface area contributed by atoms with E-state index in [0.717, 1.165) is 25.3 Å². The minimum absolute atomic E-state index is 0.107. The van der Waals surface area contributed by atoms with Gasteiger partial charge < -0.3 is 4.90 Å². The summed E-state index contributed by atoms with van der Waals surface area (Å²) in [7, 11) is 0. The third-order valence-corrected chi connectivity index (χ3v) is 4.67. The van der Waals surface area contributed by atoms with E-state index in [1.807, 2.05) is 16.7 Å². The van der Waals surface area contributed by atoms with Crippen molar-refractivity contribution >= 4 is 40.9 Å². The minimum atomic E-state index is -0.115. The lowest BCUT2D eigenvalue weighted by atomic mass is 10.2. The number of nitrogens with zero attached hydrogens (tertiary/aromatic N) is 3. The molecule has 1 aliphatic heterocycles. The van der Waals surface area contributed by atoms with Gasteiger partial charge in [-0.25, -0.2) is 0 Å². The Morgan fingerprint density at radius 3 is 3.06 bits per heavy atom. The Kier molecular flexibility index (Phi) is 4.70. The van der Waals surface area contributed by atoms with E-state index in [-0.39, 0.29) is 16.2 Å². The van der Waals surface area contributed by atoms with Crippen LogP contribution < -0.4 is 0 Å². The van der Waals surface area contributed by atoms with Crippen LogP contribution in [-0.4, -0.2) is 45.1 Å². The van der Waals surface area contributed by atoms with E-state index in [1.165, 1.54) is 6.07 Å². The second-order valence-electron chi connectivity index (χ2n) is 4.02. The normalized spacial score (nSPS) is 19.9. The molecule has 4 nitrogen and oxygen atoms in total. The van der Waals surface area contributed by atoms with Crippen LogP contribution in [0.25, 0.3) is 0 Å². The topological polar surface area (TPSA) is 46.1 Å². The highest BCUT2D eigenvalue weighted by Gasteiger charge is 2.25. The van der Waals surface area contributed by atoms with E-state index >= 15 is 0 Å². The zero-order chi connectivity index (χ0) is 13.1. The van der Waals surface area contributed by atoms with Gasteiger partial charge in [-0.05, 0) is 12.5 Å². The SMILES string of the molecule is CCC1CN(C(=O)c2cc(Cl)nnc2Cl)CCS1. The second-order valence-corrected chi connectivity index (χ2v) is 6.18. The molecule has 0 spiro atoms. The van der Waals surface area contributed by atoms with Crippen molar-refractivity contribution in [2.24, 2.45) is 0 Å². The van der Waals surface area contributed by atoms with Crippen molar-refractivity contribution in [1.29, 1.82) is 0 Å². The standard InChI is InChI=1S/C11H13Cl2N3OS/c1-2-7-6-16(3-4-18-7)11(17)8-5-9(12)14-15-10(8)13/h5,7H,2-4,6H2,1H3. The summed E-state index contributed by atoms with van der Waals surface area (Å²) in [5.41, 5.74) is 0.332. The Bertz CT molecular complexity index is 458. The first-order valence-electron chi connectivity index (χ1n) is 5.71. The van der Waals surface area contributed by atoms with Crippen LogP contribution >= 0.6 is 35.0 Å². The molecule has 1 aromatic rings. The van der Waals surface area contributed by atoms with Crippen molar-refractivity contribution in [3.63, 3.8) is 0 Å². The number of rotatable bonds is 2. The number of carbonyl (C=O) groups excluding carboxylic acids is 1. The number of hydrogen-bond acceptors (Lipinski definition) is 4. The first-order chi connectivity index (χ1) is 8.61. The summed E-state index contributed by atoms with van der Waals surface area (Å²) in [6.45, 7) is 3.61. The van der Waals surface area contributed by atoms with Crippen LogP contribution in [0.1, 0.15) is 23.7 Å². The number of amides is 1. The van der Waals surface area contributed by atoms with Crippen molar-refractivity contribution in [3.05, 3.63) is 21.9 Å². The Morgan fingerprint density at radius 1 is 1.56 bits per heavy atom. The zero-order valence-electron chi connectivity index (χ0n) is 9.90. The molecular formula is C11H13Cl2N3OS. The summed E-state index contributed by atoms with van der Waals surface area (Å²) < 4.78 is 0. The van der Waals surface area contributed by atoms with Crippen LogP contribution in [0.4, 0.5) is 0 Å². The monoisotopic (exact) mass is 305 g/mol. The molecule has 0 aliphatic carbocycles. The van der Waals surface area contributed by atoms with Gasteiger partial charge in [-0.15, -0.1) is 10.2 Å². The molecule has 1 unspecified atom stereocenters. The van der Waals surface area contributed by atoms with Crippen molar-refractivity contribution < 1.29 is 4.79 Å². The molecule has 0 saturated carbocycles. The van der Waals surface area contributed by atoms with Gasteiger partial charge in [0.25, 0.3) is 5.91 Å². The molecule has 0 aromatic carbocycles. The lowest BCUT2D eigenvalue weighted by Crippen LogP contribution is -2.41. The van der Waals surface area contributed by atoms with Crippen LogP contribution in [-0.2, 0) is 0 Å². The molecule has 1 fully saturated rings. The Hall–Kier alpha value is -0.520. The average Bonchev–Trinajstić information content (AvgIpc) is 2.41. The van der Waals surface area contributed by atoms with Crippen molar-refractivity contribution in [2.45, 2.75) is 18.6 Å². The fourth-order valence-electron chi connectivity index (χ4n) is 1.82. The summed E-state index contributed by atoms with van der Waals surface area (Å²) >= 11 is 13.6. The number of aromatic nitrogens is 2. The van der Waals surface area contributed by atoms with Crippen molar-refractivity contribution in [1.82, 2.24) is 15.1 Å². The zero-order valence-corrected chi connectivity index (χ0v) is 12.2. The Morgan fingerprint density at radius 2 is 2.33 bits per heavy atom. The molecule has 0 radical (unpaired) electrons. The largest absolute Gasteiger partial charge is 0.337 e. The van der Waals surface area contributed by atoms with Gasteiger partial charge in [0.15, 0.2) is 10.3 Å². The van der Waals surface area contributed by atoms with Gasteiger partial charge in [-0.1, -0.05) is 30.1 Å². The molecule has 18 heavy (non-hydrogen) atoms. The van der Waals surface area contributed by atoms with Gasteiger partial charge in [-0.2, -0.15) is 11.8 Å². The second kappa shape index (κ2) is 6.08. The predicted octanol–water partition coefficient (Wildman–Crippen LogP) is 2.75. The Balaban J connectivity index is 2.17. The lowest BCUT2D eigenvalue weighted by molar-refractivity contribution is 0.0760. The average molecular weight is 306 g/mol. The van der Waals surface area contributed by atoms with E-state index in [2.05, 4.69) is 17.1 Å². The Labute approximate surface area is 120 Å². The smallest absolute Gasteiger partial charge is 0.257 e. The molecule has 0 bridgehead atoms. The molecule has 1 aromatic heterocycles. The molecule has 2 rings (SSSR count). The van der Waals surface area contributed by atoms with Crippen LogP contribution in [0.5, 0.6) is 0 Å². The number of halogens is 2. The van der Waals surface area contributed by atoms with Gasteiger partial charge in [0, 0.05) is 24.1 Å². The molecule has 1 amide bonds. The molecule has 7 heteroatoms. The summed E-state index contributed by atoms with van der Waals surface area (Å²) in [6.07, 6.45) is 1.05. The van der Waals surface area contributed by atoms with Gasteiger partial charge in [0.05, 0.1) is 5.56 Å². The molecule has 1 saturated heterocycles. The van der Waals surface area contributed by atoms with E-state index < -0.39 is 0 Å². The highest BCUT2D eigenvalue weighted by Crippen LogP contribution is 2.24. The minimum Gasteiger partial charge on any atom is -0.337 e. The summed E-state index contributed by atoms with van der Waals surface area (Å²) in [5, 5.41) is 8.05. The van der Waals surface area contributed by atoms with Crippen LogP contribution in [0.3, 0.4) is 0 Å². The van der Waals surface area contributed by atoms with Crippen molar-refractivity contribution in [2.75, 3.05) is 18.8 Å². The maximum Gasteiger partial charge on any atom is 0.257 e. The molecule has 98 valence electrons. The maximum absolute atomic E-state index is 12.3. The quantitative estimate of drug-likeness (QED) is 0.843. The number of thioether (sulfide) groups is 1. The lowest BCUT2D eigenvalue weighted by Gasteiger charge is -2.32. The third-order valence-electron chi connectivity index (χ3n) is 2.83. The van der Waals surface area contributed by atoms with E-state index in [9.17, 15) is 4.79 Å². The number of hydrogen-bond donors (Lipinski definition) is 0. The van der Waals surface area contributed by atoms with Gasteiger partial charge in [-0.3, -0.25) is 4.79 Å². The molecule has 2 heterocycles. The molecular weight excluding hydrogens is 293 g/mol. The fraction of sp³-hybridized carbons (Fsp3) is 0.545. The summed E-state index contributed by atoms with van der Waals surface area (Å²) in [5.74, 6) is 0.837. The van der Waals surface area contributed by atoms with E-state index in [4.69, 9.17) is 23.2 Å². The number of carbonyl (C=O) groups is 1. The molecule has 1 aliphatic rings. The highest BCUT2D eigenvalue weighted by molar-refractivity contribution is 8.00. The fourth-order valence-corrected chi connectivity index (χ4v) is 3.32. The summed E-state index contributed by atoms with van der Waals surface area (Å²) in [4.78, 5) is 14.1. The summed E-state index contributed by atoms with van der Waals surface area (Å²) in [6, 6.07) is 1.47. The molecule has 0 N–H and O–H groups in total. The van der Waals surface area contributed by atoms with Crippen molar-refractivity contribution in [3.8, 4) is 0 Å². The van der Waals surface area contributed by atoms with Gasteiger partial charge in [0.2, 0.25) is 0 Å². The first kappa shape index (κ1) is 13.9. The van der Waals surface area contributed by atoms with E-state index in [1.54, 1.807) is 0 Å². The highest BCUT2D eigenvalue weighted by atomic mass is 35.5. The van der Waals surface area contributed by atoms with Crippen LogP contribution in [0, 0.1) is 0 Å². The van der Waals surface area contributed by atoms with Gasteiger partial charge >= 0.3 is 0 Å².